The number of halogens is 2. The monoisotopic (exact) mass is 379 g/mol. The van der Waals surface area contributed by atoms with Gasteiger partial charge in [0.2, 0.25) is 0 Å². The van der Waals surface area contributed by atoms with Crippen LogP contribution in [0.5, 0.6) is 0 Å². The lowest BCUT2D eigenvalue weighted by atomic mass is 10.1. The average molecular weight is 381 g/mol. The minimum absolute atomic E-state index is 0.168. The van der Waals surface area contributed by atoms with Crippen molar-refractivity contribution in [2.45, 2.75) is 13.5 Å². The number of hydrogen-bond acceptors (Lipinski definition) is 3. The van der Waals surface area contributed by atoms with E-state index in [0.717, 1.165) is 27.2 Å². The third kappa shape index (κ3) is 2.71. The number of fused-ring (bicyclic) bond motifs is 1. The Morgan fingerprint density at radius 2 is 2.09 bits per heavy atom. The summed E-state index contributed by atoms with van der Waals surface area (Å²) in [6, 6.07) is 8.45. The molecule has 0 spiro atoms. The summed E-state index contributed by atoms with van der Waals surface area (Å²) in [6.07, 6.45) is 0. The molecule has 0 saturated heterocycles. The van der Waals surface area contributed by atoms with Crippen molar-refractivity contribution < 1.29 is 9.90 Å². The number of pyridine rings is 1. The first-order chi connectivity index (χ1) is 10.5. The van der Waals surface area contributed by atoms with Gasteiger partial charge in [0.1, 0.15) is 15.9 Å². The second-order valence-electron chi connectivity index (χ2n) is 4.83. The smallest absolute Gasteiger partial charge is 0.335 e. The zero-order valence-electron chi connectivity index (χ0n) is 11.5. The lowest BCUT2D eigenvalue weighted by Gasteiger charge is -2.09. The molecular formula is C15H11BrClN3O2. The van der Waals surface area contributed by atoms with Crippen molar-refractivity contribution in [1.82, 2.24) is 14.5 Å². The van der Waals surface area contributed by atoms with Crippen LogP contribution >= 0.6 is 27.5 Å². The van der Waals surface area contributed by atoms with Crippen LogP contribution < -0.4 is 0 Å². The van der Waals surface area contributed by atoms with Gasteiger partial charge in [0.25, 0.3) is 0 Å². The standard InChI is InChI=1S/C15H11BrClN3O2/c1-8-18-12-4-5-13(16)19-14(12)20(8)7-10-3-2-9(15(21)22)6-11(10)17/h2-6H,7H2,1H3,(H,21,22). The van der Waals surface area contributed by atoms with E-state index in [1.165, 1.54) is 6.07 Å². The highest BCUT2D eigenvalue weighted by molar-refractivity contribution is 9.10. The van der Waals surface area contributed by atoms with E-state index in [1.807, 2.05) is 23.6 Å². The molecule has 112 valence electrons. The molecule has 3 aromatic rings. The van der Waals surface area contributed by atoms with Gasteiger partial charge in [-0.2, -0.15) is 0 Å². The average Bonchev–Trinajstić information content (AvgIpc) is 2.76. The molecule has 0 aliphatic carbocycles. The first-order valence-corrected chi connectivity index (χ1v) is 7.64. The number of aryl methyl sites for hydroxylation is 1. The van der Waals surface area contributed by atoms with Gasteiger partial charge < -0.3 is 9.67 Å². The van der Waals surface area contributed by atoms with E-state index in [1.54, 1.807) is 12.1 Å². The first kappa shape index (κ1) is 15.0. The molecule has 1 aromatic carbocycles. The van der Waals surface area contributed by atoms with Crippen molar-refractivity contribution in [3.8, 4) is 0 Å². The van der Waals surface area contributed by atoms with Gasteiger partial charge in [-0.3, -0.25) is 0 Å². The highest BCUT2D eigenvalue weighted by atomic mass is 79.9. The topological polar surface area (TPSA) is 68.0 Å². The van der Waals surface area contributed by atoms with Crippen LogP contribution in [0.15, 0.2) is 34.9 Å². The molecule has 22 heavy (non-hydrogen) atoms. The SMILES string of the molecule is Cc1nc2ccc(Br)nc2n1Cc1ccc(C(=O)O)cc1Cl. The maximum Gasteiger partial charge on any atom is 0.335 e. The number of benzene rings is 1. The predicted octanol–water partition coefficient (Wildman–Crippen LogP) is 3.90. The summed E-state index contributed by atoms with van der Waals surface area (Å²) < 4.78 is 2.68. The Hall–Kier alpha value is -1.92. The Morgan fingerprint density at radius 1 is 1.32 bits per heavy atom. The number of carbonyl (C=O) groups is 1. The van der Waals surface area contributed by atoms with Crippen LogP contribution in [-0.4, -0.2) is 25.6 Å². The second-order valence-corrected chi connectivity index (χ2v) is 6.05. The molecule has 2 aromatic heterocycles. The van der Waals surface area contributed by atoms with Crippen LogP contribution in [0.2, 0.25) is 5.02 Å². The molecule has 0 aliphatic rings. The molecule has 0 aliphatic heterocycles. The number of carboxylic acid groups (broad SMARTS) is 1. The number of hydrogen-bond donors (Lipinski definition) is 1. The van der Waals surface area contributed by atoms with Gasteiger partial charge in [-0.05, 0) is 52.7 Å². The van der Waals surface area contributed by atoms with E-state index in [2.05, 4.69) is 25.9 Å². The van der Waals surface area contributed by atoms with E-state index in [0.29, 0.717) is 11.6 Å². The summed E-state index contributed by atoms with van der Waals surface area (Å²) in [4.78, 5) is 19.9. The predicted molar refractivity (Wildman–Crippen MR) is 87.5 cm³/mol. The van der Waals surface area contributed by atoms with Crippen molar-refractivity contribution in [3.05, 3.63) is 56.9 Å². The number of nitrogens with zero attached hydrogens (tertiary/aromatic N) is 3. The fraction of sp³-hybridized carbons (Fsp3) is 0.133. The highest BCUT2D eigenvalue weighted by Gasteiger charge is 2.12. The van der Waals surface area contributed by atoms with E-state index < -0.39 is 5.97 Å². The van der Waals surface area contributed by atoms with Gasteiger partial charge in [-0.15, -0.1) is 0 Å². The van der Waals surface area contributed by atoms with Crippen LogP contribution in [0.25, 0.3) is 11.2 Å². The third-order valence-corrected chi connectivity index (χ3v) is 4.17. The molecule has 0 atom stereocenters. The molecule has 2 heterocycles. The normalized spacial score (nSPS) is 11.0. The van der Waals surface area contributed by atoms with Gasteiger partial charge in [-0.25, -0.2) is 14.8 Å². The van der Waals surface area contributed by atoms with Crippen molar-refractivity contribution >= 4 is 44.7 Å². The summed E-state index contributed by atoms with van der Waals surface area (Å²) in [5, 5.41) is 9.40. The molecule has 0 bridgehead atoms. The Bertz CT molecular complexity index is 892. The summed E-state index contributed by atoms with van der Waals surface area (Å²) in [7, 11) is 0. The minimum atomic E-state index is -0.997. The number of imidazole rings is 1. The third-order valence-electron chi connectivity index (χ3n) is 3.38. The van der Waals surface area contributed by atoms with E-state index in [-0.39, 0.29) is 5.56 Å². The van der Waals surface area contributed by atoms with E-state index >= 15 is 0 Å². The van der Waals surface area contributed by atoms with Crippen molar-refractivity contribution in [2.75, 3.05) is 0 Å². The second kappa shape index (κ2) is 5.70. The molecule has 3 rings (SSSR count). The van der Waals surface area contributed by atoms with Crippen molar-refractivity contribution in [3.63, 3.8) is 0 Å². The van der Waals surface area contributed by atoms with Gasteiger partial charge in [0, 0.05) is 5.02 Å². The number of rotatable bonds is 3. The fourth-order valence-corrected chi connectivity index (χ4v) is 2.80. The Morgan fingerprint density at radius 3 is 2.77 bits per heavy atom. The van der Waals surface area contributed by atoms with Gasteiger partial charge in [0.15, 0.2) is 5.65 Å². The van der Waals surface area contributed by atoms with Crippen LogP contribution in [0.1, 0.15) is 21.7 Å². The quantitative estimate of drug-likeness (QED) is 0.700. The van der Waals surface area contributed by atoms with E-state index in [4.69, 9.17) is 16.7 Å². The molecule has 0 unspecified atom stereocenters. The Kier molecular flexibility index (Phi) is 3.88. The lowest BCUT2D eigenvalue weighted by Crippen LogP contribution is -2.05. The van der Waals surface area contributed by atoms with Gasteiger partial charge in [-0.1, -0.05) is 17.7 Å². The largest absolute Gasteiger partial charge is 0.478 e. The first-order valence-electron chi connectivity index (χ1n) is 6.47. The van der Waals surface area contributed by atoms with Crippen molar-refractivity contribution in [2.24, 2.45) is 0 Å². The number of aromatic carboxylic acids is 1. The minimum Gasteiger partial charge on any atom is -0.478 e. The fourth-order valence-electron chi connectivity index (χ4n) is 2.26. The molecular weight excluding hydrogens is 370 g/mol. The molecule has 0 fully saturated rings. The molecule has 1 N–H and O–H groups in total. The Labute approximate surface area is 139 Å². The molecule has 0 saturated carbocycles. The highest BCUT2D eigenvalue weighted by Crippen LogP contribution is 2.23. The van der Waals surface area contributed by atoms with Gasteiger partial charge >= 0.3 is 5.97 Å². The lowest BCUT2D eigenvalue weighted by molar-refractivity contribution is 0.0697. The van der Waals surface area contributed by atoms with Crippen molar-refractivity contribution in [1.29, 1.82) is 0 Å². The molecule has 0 radical (unpaired) electrons. The van der Waals surface area contributed by atoms with Crippen LogP contribution in [-0.2, 0) is 6.54 Å². The van der Waals surface area contributed by atoms with Crippen LogP contribution in [0.4, 0.5) is 0 Å². The summed E-state index contributed by atoms with van der Waals surface area (Å²) in [6.45, 7) is 2.37. The zero-order chi connectivity index (χ0) is 15.9. The molecule has 0 amide bonds. The maximum atomic E-state index is 11.0. The number of aromatic nitrogens is 3. The summed E-state index contributed by atoms with van der Waals surface area (Å²) in [5.41, 5.74) is 2.54. The van der Waals surface area contributed by atoms with Crippen LogP contribution in [0.3, 0.4) is 0 Å². The summed E-state index contributed by atoms with van der Waals surface area (Å²) in [5.74, 6) is -0.178. The van der Waals surface area contributed by atoms with Crippen LogP contribution in [0, 0.1) is 6.92 Å². The maximum absolute atomic E-state index is 11.0. The molecule has 7 heteroatoms. The van der Waals surface area contributed by atoms with Gasteiger partial charge in [0.05, 0.1) is 12.1 Å². The van der Waals surface area contributed by atoms with E-state index in [9.17, 15) is 4.79 Å². The number of carboxylic acids is 1. The zero-order valence-corrected chi connectivity index (χ0v) is 13.9. The molecule has 5 nitrogen and oxygen atoms in total. The Balaban J connectivity index is 2.05. The summed E-state index contributed by atoms with van der Waals surface area (Å²) >= 11 is 9.56.